The number of nitro benzene ring substituents is 1. The van der Waals surface area contributed by atoms with Gasteiger partial charge in [0.2, 0.25) is 5.91 Å². The quantitative estimate of drug-likeness (QED) is 0.561. The Morgan fingerprint density at radius 1 is 1.39 bits per heavy atom. The summed E-state index contributed by atoms with van der Waals surface area (Å²) < 4.78 is 5.18. The fraction of sp³-hybridized carbons (Fsp3) is 0.353. The van der Waals surface area contributed by atoms with E-state index >= 15 is 0 Å². The fourth-order valence-corrected chi connectivity index (χ4v) is 4.27. The van der Waals surface area contributed by atoms with Crippen molar-refractivity contribution in [2.45, 2.75) is 11.2 Å². The van der Waals surface area contributed by atoms with E-state index in [4.69, 9.17) is 10.5 Å². The number of benzene rings is 1. The minimum Gasteiger partial charge on any atom is -0.393 e. The van der Waals surface area contributed by atoms with Crippen LogP contribution in [0.1, 0.15) is 11.5 Å². The number of ether oxygens (including phenoxy) is 1. The predicted molar refractivity (Wildman–Crippen MR) is 100.0 cm³/mol. The van der Waals surface area contributed by atoms with Gasteiger partial charge in [-0.2, -0.15) is 5.26 Å². The molecule has 3 rings (SSSR count). The number of nitrogens with two attached hydrogens (primary N) is 1. The standard InChI is InChI=1S/C17H17N5O5S/c18-9-12-13(10-2-1-3-11(8-10)22(25)26)14(28-15(12)19)16(23)20-17(24)21-4-6-27-7-5-21/h1-3,8,13-14H,4-7,19H2,(H,20,23,24). The first-order valence-electron chi connectivity index (χ1n) is 8.40. The Hall–Kier alpha value is -3.10. The van der Waals surface area contributed by atoms with Crippen molar-refractivity contribution in [3.63, 3.8) is 0 Å². The number of morpholine rings is 1. The van der Waals surface area contributed by atoms with E-state index in [1.807, 2.05) is 6.07 Å². The predicted octanol–water partition coefficient (Wildman–Crippen LogP) is 1.06. The number of rotatable bonds is 3. The molecule has 0 aromatic heterocycles. The van der Waals surface area contributed by atoms with Crippen molar-refractivity contribution in [3.05, 3.63) is 50.5 Å². The lowest BCUT2D eigenvalue weighted by molar-refractivity contribution is -0.384. The molecule has 28 heavy (non-hydrogen) atoms. The van der Waals surface area contributed by atoms with Crippen LogP contribution in [-0.2, 0) is 9.53 Å². The molecule has 0 spiro atoms. The molecule has 0 aliphatic carbocycles. The molecule has 2 unspecified atom stereocenters. The second kappa shape index (κ2) is 8.28. The summed E-state index contributed by atoms with van der Waals surface area (Å²) in [6, 6.07) is 7.15. The number of hydrogen-bond acceptors (Lipinski definition) is 8. The van der Waals surface area contributed by atoms with E-state index in [-0.39, 0.29) is 16.3 Å². The summed E-state index contributed by atoms with van der Waals surface area (Å²) in [4.78, 5) is 37.1. The normalized spacial score (nSPS) is 21.9. The number of carbonyl (C=O) groups is 2. The number of nitrogens with zero attached hydrogens (tertiary/aromatic N) is 3. The Morgan fingerprint density at radius 3 is 2.75 bits per heavy atom. The van der Waals surface area contributed by atoms with E-state index in [2.05, 4.69) is 5.32 Å². The lowest BCUT2D eigenvalue weighted by Gasteiger charge is -2.27. The van der Waals surface area contributed by atoms with E-state index in [1.165, 1.54) is 23.1 Å². The molecule has 2 atom stereocenters. The highest BCUT2D eigenvalue weighted by Crippen LogP contribution is 2.46. The summed E-state index contributed by atoms with van der Waals surface area (Å²) in [6.45, 7) is 1.52. The number of hydrogen-bond donors (Lipinski definition) is 2. The molecule has 0 saturated carbocycles. The third-order valence-electron chi connectivity index (χ3n) is 4.48. The Kier molecular flexibility index (Phi) is 5.81. The maximum atomic E-state index is 12.8. The van der Waals surface area contributed by atoms with Gasteiger partial charge in [0.15, 0.2) is 0 Å². The number of non-ortho nitro benzene ring substituents is 1. The lowest BCUT2D eigenvalue weighted by atomic mass is 9.88. The van der Waals surface area contributed by atoms with Gasteiger partial charge in [-0.25, -0.2) is 4.79 Å². The summed E-state index contributed by atoms with van der Waals surface area (Å²) in [5.74, 6) is -1.39. The molecule has 3 amide bonds. The van der Waals surface area contributed by atoms with Crippen molar-refractivity contribution in [1.29, 1.82) is 5.26 Å². The van der Waals surface area contributed by atoms with Crippen molar-refractivity contribution in [2.24, 2.45) is 5.73 Å². The first-order chi connectivity index (χ1) is 13.4. The lowest BCUT2D eigenvalue weighted by Crippen LogP contribution is -2.50. The molecule has 2 aliphatic rings. The van der Waals surface area contributed by atoms with E-state index in [0.717, 1.165) is 11.8 Å². The number of allylic oxidation sites excluding steroid dienone is 1. The van der Waals surface area contributed by atoms with E-state index in [1.54, 1.807) is 6.07 Å². The number of thioether (sulfide) groups is 1. The van der Waals surface area contributed by atoms with Crippen molar-refractivity contribution in [3.8, 4) is 6.07 Å². The maximum Gasteiger partial charge on any atom is 0.324 e. The molecule has 1 aromatic carbocycles. The SMILES string of the molecule is N#CC1=C(N)SC(C(=O)NC(=O)N2CCOCC2)C1c1cccc([N+](=O)[O-])c1. The van der Waals surface area contributed by atoms with Crippen LogP contribution in [0.5, 0.6) is 0 Å². The molecule has 1 saturated heterocycles. The van der Waals surface area contributed by atoms with Gasteiger partial charge in [-0.15, -0.1) is 0 Å². The van der Waals surface area contributed by atoms with E-state index < -0.39 is 28.0 Å². The molecule has 0 bridgehead atoms. The first kappa shape index (κ1) is 19.7. The second-order valence-corrected chi connectivity index (χ2v) is 7.34. The van der Waals surface area contributed by atoms with Gasteiger partial charge in [0.25, 0.3) is 5.69 Å². The molecule has 10 nitrogen and oxygen atoms in total. The summed E-state index contributed by atoms with van der Waals surface area (Å²) in [7, 11) is 0. The molecule has 2 aliphatic heterocycles. The highest BCUT2D eigenvalue weighted by atomic mass is 32.2. The average Bonchev–Trinajstić information content (AvgIpc) is 3.05. The minimum absolute atomic E-state index is 0.157. The average molecular weight is 403 g/mol. The van der Waals surface area contributed by atoms with Crippen molar-refractivity contribution >= 4 is 29.4 Å². The van der Waals surface area contributed by atoms with Gasteiger partial charge >= 0.3 is 6.03 Å². The Labute approximate surface area is 164 Å². The smallest absolute Gasteiger partial charge is 0.324 e. The van der Waals surface area contributed by atoms with Crippen LogP contribution in [0.3, 0.4) is 0 Å². The molecule has 146 valence electrons. The monoisotopic (exact) mass is 403 g/mol. The van der Waals surface area contributed by atoms with Crippen LogP contribution in [0.2, 0.25) is 0 Å². The molecule has 3 N–H and O–H groups in total. The molecule has 11 heteroatoms. The van der Waals surface area contributed by atoms with E-state index in [0.29, 0.717) is 31.9 Å². The Balaban J connectivity index is 1.84. The van der Waals surface area contributed by atoms with Crippen LogP contribution in [0.25, 0.3) is 0 Å². The highest BCUT2D eigenvalue weighted by molar-refractivity contribution is 8.04. The van der Waals surface area contributed by atoms with E-state index in [9.17, 15) is 25.0 Å². The van der Waals surface area contributed by atoms with Crippen LogP contribution >= 0.6 is 11.8 Å². The van der Waals surface area contributed by atoms with Gasteiger partial charge in [0, 0.05) is 31.1 Å². The number of amides is 3. The number of nitrogens with one attached hydrogen (secondary N) is 1. The summed E-state index contributed by atoms with van der Waals surface area (Å²) in [5, 5.41) is 22.2. The van der Waals surface area contributed by atoms with Gasteiger partial charge < -0.3 is 15.4 Å². The van der Waals surface area contributed by atoms with Gasteiger partial charge in [0.05, 0.1) is 34.8 Å². The third kappa shape index (κ3) is 3.92. The zero-order valence-corrected chi connectivity index (χ0v) is 15.5. The number of nitriles is 1. The van der Waals surface area contributed by atoms with Crippen LogP contribution < -0.4 is 11.1 Å². The number of imide groups is 1. The number of carbonyl (C=O) groups excluding carboxylic acids is 2. The summed E-state index contributed by atoms with van der Waals surface area (Å²) in [6.07, 6.45) is 0. The van der Waals surface area contributed by atoms with Crippen molar-refractivity contribution in [1.82, 2.24) is 10.2 Å². The van der Waals surface area contributed by atoms with Crippen molar-refractivity contribution in [2.75, 3.05) is 26.3 Å². The zero-order valence-electron chi connectivity index (χ0n) is 14.7. The summed E-state index contributed by atoms with van der Waals surface area (Å²) >= 11 is 0.970. The van der Waals surface area contributed by atoms with Gasteiger partial charge in [0.1, 0.15) is 5.25 Å². The topological polar surface area (TPSA) is 152 Å². The fourth-order valence-electron chi connectivity index (χ4n) is 3.10. The zero-order chi connectivity index (χ0) is 20.3. The number of nitro groups is 1. The van der Waals surface area contributed by atoms with Gasteiger partial charge in [-0.05, 0) is 5.56 Å². The largest absolute Gasteiger partial charge is 0.393 e. The third-order valence-corrected chi connectivity index (χ3v) is 5.69. The second-order valence-electron chi connectivity index (χ2n) is 6.15. The Morgan fingerprint density at radius 2 is 2.11 bits per heavy atom. The van der Waals surface area contributed by atoms with Crippen molar-refractivity contribution < 1.29 is 19.2 Å². The van der Waals surface area contributed by atoms with Gasteiger partial charge in [-0.3, -0.25) is 20.2 Å². The van der Waals surface area contributed by atoms with Crippen LogP contribution in [0.4, 0.5) is 10.5 Å². The van der Waals surface area contributed by atoms with Crippen LogP contribution in [0, 0.1) is 21.4 Å². The van der Waals surface area contributed by atoms with Crippen LogP contribution in [-0.4, -0.2) is 53.3 Å². The molecular formula is C17H17N5O5S. The molecule has 1 aromatic rings. The van der Waals surface area contributed by atoms with Gasteiger partial charge in [-0.1, -0.05) is 23.9 Å². The maximum absolute atomic E-state index is 12.8. The highest BCUT2D eigenvalue weighted by Gasteiger charge is 2.42. The first-order valence-corrected chi connectivity index (χ1v) is 9.28. The molecule has 1 fully saturated rings. The summed E-state index contributed by atoms with van der Waals surface area (Å²) in [5.41, 5.74) is 6.32. The molecule has 2 heterocycles. The minimum atomic E-state index is -0.887. The van der Waals surface area contributed by atoms with Crippen LogP contribution in [0.15, 0.2) is 34.9 Å². The molecule has 0 radical (unpaired) electrons. The Bertz CT molecular complexity index is 890. The molecular weight excluding hydrogens is 386 g/mol. The number of urea groups is 1.